The van der Waals surface area contributed by atoms with E-state index in [0.29, 0.717) is 30.2 Å². The molecule has 0 radical (unpaired) electrons. The maximum absolute atomic E-state index is 13.1. The zero-order chi connectivity index (χ0) is 22.4. The predicted molar refractivity (Wildman–Crippen MR) is 116 cm³/mol. The third-order valence-electron chi connectivity index (χ3n) is 5.28. The minimum atomic E-state index is -0.392. The molecule has 1 aromatic carbocycles. The molecule has 9 heteroatoms. The Kier molecular flexibility index (Phi) is 7.54. The largest absolute Gasteiger partial charge is 0.491 e. The van der Waals surface area contributed by atoms with Gasteiger partial charge in [-0.15, -0.1) is 0 Å². The van der Waals surface area contributed by atoms with Gasteiger partial charge in [-0.05, 0) is 25.0 Å². The fraction of sp³-hybridized carbons (Fsp3) is 0.455. The summed E-state index contributed by atoms with van der Waals surface area (Å²) in [4.78, 5) is 35.1. The van der Waals surface area contributed by atoms with E-state index in [0.717, 1.165) is 6.54 Å². The molecule has 0 spiro atoms. The quantitative estimate of drug-likeness (QED) is 0.770. The van der Waals surface area contributed by atoms with Gasteiger partial charge < -0.3 is 25.0 Å². The summed E-state index contributed by atoms with van der Waals surface area (Å²) in [7, 11) is 3.41. The Hall–Kier alpha value is -3.04. The second kappa shape index (κ2) is 10.3. The fourth-order valence-corrected chi connectivity index (χ4v) is 3.35. The highest BCUT2D eigenvalue weighted by atomic mass is 16.5. The Morgan fingerprint density at radius 1 is 1.32 bits per heavy atom. The third kappa shape index (κ3) is 5.77. The van der Waals surface area contributed by atoms with Crippen molar-refractivity contribution in [3.05, 3.63) is 48.0 Å². The average Bonchev–Trinajstić information content (AvgIpc) is 2.79. The summed E-state index contributed by atoms with van der Waals surface area (Å²) >= 11 is 0. The van der Waals surface area contributed by atoms with Gasteiger partial charge in [0.1, 0.15) is 18.1 Å². The smallest absolute Gasteiger partial charge is 0.275 e. The lowest BCUT2D eigenvalue weighted by atomic mass is 10.0. The molecule has 1 aliphatic heterocycles. The van der Waals surface area contributed by atoms with E-state index in [1.54, 1.807) is 37.3 Å². The first-order valence-corrected chi connectivity index (χ1v) is 10.2. The number of amides is 2. The SMILES string of the molecule is CO[C@H]1CN(C)C(=O)c2ccc(NC(=O)c3cnccn3)cc2OC[C@H](C)NC[C@H]1C. The van der Waals surface area contributed by atoms with Crippen LogP contribution in [0.5, 0.6) is 5.75 Å². The molecule has 1 aromatic heterocycles. The maximum Gasteiger partial charge on any atom is 0.275 e. The molecule has 0 unspecified atom stereocenters. The Labute approximate surface area is 182 Å². The van der Waals surface area contributed by atoms with E-state index in [9.17, 15) is 9.59 Å². The Bertz CT molecular complexity index is 908. The normalized spacial score (nSPS) is 22.5. The minimum absolute atomic E-state index is 0.0675. The molecule has 3 atom stereocenters. The lowest BCUT2D eigenvalue weighted by molar-refractivity contribution is 0.0281. The number of aromatic nitrogens is 2. The van der Waals surface area contributed by atoms with Crippen molar-refractivity contribution >= 4 is 17.5 Å². The van der Waals surface area contributed by atoms with Crippen molar-refractivity contribution in [1.82, 2.24) is 20.2 Å². The number of anilines is 1. The monoisotopic (exact) mass is 427 g/mol. The Morgan fingerprint density at radius 2 is 2.13 bits per heavy atom. The molecular formula is C22H29N5O4. The lowest BCUT2D eigenvalue weighted by Crippen LogP contribution is -2.44. The number of ether oxygens (including phenoxy) is 2. The van der Waals surface area contributed by atoms with Gasteiger partial charge in [0.25, 0.3) is 11.8 Å². The van der Waals surface area contributed by atoms with Crippen LogP contribution in [0, 0.1) is 5.92 Å². The van der Waals surface area contributed by atoms with Crippen LogP contribution in [-0.4, -0.2) is 72.7 Å². The highest BCUT2D eigenvalue weighted by Gasteiger charge is 2.25. The highest BCUT2D eigenvalue weighted by Crippen LogP contribution is 2.26. The van der Waals surface area contributed by atoms with Crippen molar-refractivity contribution in [3.63, 3.8) is 0 Å². The topological polar surface area (TPSA) is 106 Å². The first-order valence-electron chi connectivity index (χ1n) is 10.2. The minimum Gasteiger partial charge on any atom is -0.491 e. The average molecular weight is 428 g/mol. The Morgan fingerprint density at radius 3 is 2.84 bits per heavy atom. The summed E-state index contributed by atoms with van der Waals surface area (Å²) in [6.45, 7) is 5.69. The van der Waals surface area contributed by atoms with Crippen LogP contribution >= 0.6 is 0 Å². The number of methoxy groups -OCH3 is 1. The molecule has 31 heavy (non-hydrogen) atoms. The summed E-state index contributed by atoms with van der Waals surface area (Å²) in [5.41, 5.74) is 1.13. The van der Waals surface area contributed by atoms with Crippen molar-refractivity contribution < 1.29 is 19.1 Å². The molecule has 3 rings (SSSR count). The zero-order valence-electron chi connectivity index (χ0n) is 18.3. The zero-order valence-corrected chi connectivity index (χ0v) is 18.3. The van der Waals surface area contributed by atoms with E-state index < -0.39 is 5.91 Å². The van der Waals surface area contributed by atoms with E-state index in [2.05, 4.69) is 27.5 Å². The number of nitrogens with one attached hydrogen (secondary N) is 2. The van der Waals surface area contributed by atoms with Crippen LogP contribution in [0.3, 0.4) is 0 Å². The predicted octanol–water partition coefficient (Wildman–Crippen LogP) is 1.82. The molecule has 0 aliphatic carbocycles. The van der Waals surface area contributed by atoms with Crippen LogP contribution in [0.15, 0.2) is 36.8 Å². The molecule has 2 amide bonds. The van der Waals surface area contributed by atoms with E-state index in [-0.39, 0.29) is 29.7 Å². The maximum atomic E-state index is 13.1. The molecule has 0 saturated heterocycles. The van der Waals surface area contributed by atoms with Gasteiger partial charge in [-0.1, -0.05) is 6.92 Å². The molecule has 166 valence electrons. The van der Waals surface area contributed by atoms with E-state index in [1.807, 2.05) is 6.92 Å². The first kappa shape index (κ1) is 22.6. The molecule has 1 aliphatic rings. The van der Waals surface area contributed by atoms with Crippen LogP contribution in [0.4, 0.5) is 5.69 Å². The summed E-state index contributed by atoms with van der Waals surface area (Å²) in [5, 5.41) is 6.22. The molecule has 2 heterocycles. The molecule has 9 nitrogen and oxygen atoms in total. The van der Waals surface area contributed by atoms with Gasteiger partial charge in [0.15, 0.2) is 0 Å². The van der Waals surface area contributed by atoms with Crippen molar-refractivity contribution in [3.8, 4) is 5.75 Å². The first-order chi connectivity index (χ1) is 14.9. The van der Waals surface area contributed by atoms with Crippen molar-refractivity contribution in [2.45, 2.75) is 26.0 Å². The van der Waals surface area contributed by atoms with E-state index >= 15 is 0 Å². The number of likely N-dealkylation sites (N-methyl/N-ethyl adjacent to an activating group) is 1. The highest BCUT2D eigenvalue weighted by molar-refractivity contribution is 6.03. The summed E-state index contributed by atoms with van der Waals surface area (Å²) < 4.78 is 11.6. The van der Waals surface area contributed by atoms with Crippen LogP contribution in [0.2, 0.25) is 0 Å². The number of hydrogen-bond donors (Lipinski definition) is 2. The number of hydrogen-bond acceptors (Lipinski definition) is 7. The molecule has 2 N–H and O–H groups in total. The Balaban J connectivity index is 1.87. The van der Waals surface area contributed by atoms with Gasteiger partial charge in [0, 0.05) is 57.4 Å². The second-order valence-electron chi connectivity index (χ2n) is 7.81. The van der Waals surface area contributed by atoms with Crippen molar-refractivity contribution in [2.24, 2.45) is 5.92 Å². The van der Waals surface area contributed by atoms with Crippen LogP contribution < -0.4 is 15.4 Å². The number of benzene rings is 1. The number of rotatable bonds is 3. The standard InChI is InChI=1S/C22H29N5O4/c1-14-10-25-15(2)13-31-19-9-16(26-21(28)18-11-23-7-8-24-18)5-6-17(19)22(29)27(3)12-20(14)30-4/h5-9,11,14-15,20,25H,10,12-13H2,1-4H3,(H,26,28)/t14-,15+,20+/m1/s1. The van der Waals surface area contributed by atoms with Gasteiger partial charge in [-0.25, -0.2) is 4.98 Å². The van der Waals surface area contributed by atoms with Crippen LogP contribution in [0.25, 0.3) is 0 Å². The molecule has 2 aromatic rings. The molecule has 0 saturated carbocycles. The summed E-state index contributed by atoms with van der Waals surface area (Å²) in [6.07, 6.45) is 4.24. The van der Waals surface area contributed by atoms with Crippen molar-refractivity contribution in [1.29, 1.82) is 0 Å². The van der Waals surface area contributed by atoms with Crippen LogP contribution in [-0.2, 0) is 4.74 Å². The number of nitrogens with zero attached hydrogens (tertiary/aromatic N) is 3. The molecule has 0 bridgehead atoms. The van der Waals surface area contributed by atoms with Gasteiger partial charge in [0.05, 0.1) is 17.9 Å². The third-order valence-corrected chi connectivity index (χ3v) is 5.28. The fourth-order valence-electron chi connectivity index (χ4n) is 3.35. The number of carbonyl (C=O) groups is 2. The van der Waals surface area contributed by atoms with Gasteiger partial charge in [-0.3, -0.25) is 14.6 Å². The van der Waals surface area contributed by atoms with Gasteiger partial charge in [0.2, 0.25) is 0 Å². The van der Waals surface area contributed by atoms with E-state index in [1.165, 1.54) is 18.6 Å². The summed E-state index contributed by atoms with van der Waals surface area (Å²) in [5.74, 6) is 0.0687. The van der Waals surface area contributed by atoms with Crippen molar-refractivity contribution in [2.75, 3.05) is 39.2 Å². The summed E-state index contributed by atoms with van der Waals surface area (Å²) in [6, 6.07) is 5.06. The molecular weight excluding hydrogens is 398 g/mol. The molecule has 0 fully saturated rings. The lowest BCUT2D eigenvalue weighted by Gasteiger charge is -2.30. The number of fused-ring (bicyclic) bond motifs is 1. The van der Waals surface area contributed by atoms with Crippen LogP contribution in [0.1, 0.15) is 34.7 Å². The number of carbonyl (C=O) groups excluding carboxylic acids is 2. The van der Waals surface area contributed by atoms with Gasteiger partial charge >= 0.3 is 0 Å². The van der Waals surface area contributed by atoms with E-state index in [4.69, 9.17) is 9.47 Å². The second-order valence-corrected chi connectivity index (χ2v) is 7.81. The van der Waals surface area contributed by atoms with Gasteiger partial charge in [-0.2, -0.15) is 0 Å².